The molecule has 0 unspecified atom stereocenters. The van der Waals surface area contributed by atoms with Crippen molar-refractivity contribution in [2.24, 2.45) is 0 Å². The molecule has 0 bridgehead atoms. The molecule has 0 saturated carbocycles. The van der Waals surface area contributed by atoms with Gasteiger partial charge in [0, 0.05) is 28.4 Å². The maximum absolute atomic E-state index is 11.9. The molecule has 1 N–H and O–H groups in total. The van der Waals surface area contributed by atoms with E-state index >= 15 is 0 Å². The minimum atomic E-state index is -3.14. The van der Waals surface area contributed by atoms with E-state index in [0.29, 0.717) is 5.69 Å². The van der Waals surface area contributed by atoms with Gasteiger partial charge in [0.1, 0.15) is 0 Å². The number of hydrogen-bond acceptors (Lipinski definition) is 3. The van der Waals surface area contributed by atoms with Gasteiger partial charge in [0.2, 0.25) is 0 Å². The van der Waals surface area contributed by atoms with Crippen LogP contribution in [0.25, 0.3) is 10.9 Å². The molecule has 21 heavy (non-hydrogen) atoms. The molecule has 2 rings (SSSR count). The highest BCUT2D eigenvalue weighted by Gasteiger charge is 2.18. The number of sulfone groups is 1. The Morgan fingerprint density at radius 2 is 1.95 bits per heavy atom. The van der Waals surface area contributed by atoms with Crippen LogP contribution in [0.15, 0.2) is 24.3 Å². The van der Waals surface area contributed by atoms with E-state index < -0.39 is 15.8 Å². The van der Waals surface area contributed by atoms with Gasteiger partial charge in [0.15, 0.2) is 9.84 Å². The smallest absolute Gasteiger partial charge is 0.335 e. The van der Waals surface area contributed by atoms with Gasteiger partial charge in [0.05, 0.1) is 11.3 Å². The van der Waals surface area contributed by atoms with Gasteiger partial charge >= 0.3 is 5.97 Å². The molecule has 0 amide bonds. The number of aromatic nitrogens is 1. The van der Waals surface area contributed by atoms with E-state index in [2.05, 4.69) is 0 Å². The van der Waals surface area contributed by atoms with Crippen molar-refractivity contribution < 1.29 is 18.3 Å². The first-order valence-electron chi connectivity index (χ1n) is 6.82. The lowest BCUT2D eigenvalue weighted by molar-refractivity contribution is 0.0697. The lowest BCUT2D eigenvalue weighted by atomic mass is 10.1. The van der Waals surface area contributed by atoms with Crippen LogP contribution in [-0.4, -0.2) is 29.8 Å². The summed E-state index contributed by atoms with van der Waals surface area (Å²) in [6.07, 6.45) is 0. The second kappa shape index (κ2) is 5.52. The van der Waals surface area contributed by atoms with Gasteiger partial charge in [-0.05, 0) is 38.1 Å². The average molecular weight is 309 g/mol. The van der Waals surface area contributed by atoms with Crippen molar-refractivity contribution in [2.45, 2.75) is 32.6 Å². The SMILES string of the molecule is CCS(=O)(=O)Cc1cc2cc(C(=O)O)ccc2n1C(C)C. The highest BCUT2D eigenvalue weighted by atomic mass is 32.2. The summed E-state index contributed by atoms with van der Waals surface area (Å²) in [4.78, 5) is 11.0. The molecule has 2 aromatic rings. The van der Waals surface area contributed by atoms with Crippen LogP contribution in [-0.2, 0) is 15.6 Å². The molecule has 1 aromatic heterocycles. The molecule has 1 aromatic carbocycles. The van der Waals surface area contributed by atoms with Gasteiger partial charge in [-0.25, -0.2) is 13.2 Å². The molecule has 5 nitrogen and oxygen atoms in total. The second-order valence-corrected chi connectivity index (χ2v) is 7.71. The van der Waals surface area contributed by atoms with Crippen LogP contribution in [0.4, 0.5) is 0 Å². The molecule has 0 saturated heterocycles. The number of nitrogens with zero attached hydrogens (tertiary/aromatic N) is 1. The molecule has 0 radical (unpaired) electrons. The van der Waals surface area contributed by atoms with Crippen LogP contribution in [0.5, 0.6) is 0 Å². The Labute approximate surface area is 124 Å². The standard InChI is InChI=1S/C15H19NO4S/c1-4-21(19,20)9-13-8-12-7-11(15(17)18)5-6-14(12)16(13)10(2)3/h5-8,10H,4,9H2,1-3H3,(H,17,18). The Morgan fingerprint density at radius 1 is 1.29 bits per heavy atom. The lowest BCUT2D eigenvalue weighted by Crippen LogP contribution is -2.12. The second-order valence-electron chi connectivity index (χ2n) is 5.35. The maximum atomic E-state index is 11.9. The number of rotatable bonds is 5. The Kier molecular flexibility index (Phi) is 4.09. The maximum Gasteiger partial charge on any atom is 0.335 e. The zero-order valence-electron chi connectivity index (χ0n) is 12.3. The van der Waals surface area contributed by atoms with Crippen LogP contribution in [0.2, 0.25) is 0 Å². The number of carboxylic acids is 1. The van der Waals surface area contributed by atoms with Crippen molar-refractivity contribution in [2.75, 3.05) is 5.75 Å². The van der Waals surface area contributed by atoms with Crippen molar-refractivity contribution in [3.05, 3.63) is 35.5 Å². The zero-order chi connectivity index (χ0) is 15.8. The number of carbonyl (C=O) groups is 1. The van der Waals surface area contributed by atoms with Crippen LogP contribution in [0, 0.1) is 0 Å². The van der Waals surface area contributed by atoms with Crippen molar-refractivity contribution in [3.8, 4) is 0 Å². The third kappa shape index (κ3) is 3.10. The van der Waals surface area contributed by atoms with E-state index in [4.69, 9.17) is 5.11 Å². The van der Waals surface area contributed by atoms with E-state index in [0.717, 1.165) is 10.9 Å². The topological polar surface area (TPSA) is 76.4 Å². The van der Waals surface area contributed by atoms with Crippen molar-refractivity contribution in [3.63, 3.8) is 0 Å². The third-order valence-electron chi connectivity index (χ3n) is 3.49. The van der Waals surface area contributed by atoms with Gasteiger partial charge in [0.25, 0.3) is 0 Å². The van der Waals surface area contributed by atoms with Crippen LogP contribution >= 0.6 is 0 Å². The molecule has 0 aliphatic rings. The minimum absolute atomic E-state index is 0.0290. The summed E-state index contributed by atoms with van der Waals surface area (Å²) in [6, 6.07) is 6.73. The number of fused-ring (bicyclic) bond motifs is 1. The fourth-order valence-electron chi connectivity index (χ4n) is 2.47. The quantitative estimate of drug-likeness (QED) is 0.921. The predicted molar refractivity (Wildman–Crippen MR) is 82.4 cm³/mol. The fourth-order valence-corrected chi connectivity index (χ4v) is 3.35. The highest BCUT2D eigenvalue weighted by Crippen LogP contribution is 2.26. The first-order valence-corrected chi connectivity index (χ1v) is 8.65. The Bertz CT molecular complexity index is 787. The molecule has 0 spiro atoms. The van der Waals surface area contributed by atoms with E-state index in [1.807, 2.05) is 18.4 Å². The molecular weight excluding hydrogens is 290 g/mol. The summed E-state index contributed by atoms with van der Waals surface area (Å²) in [5.41, 5.74) is 1.76. The molecular formula is C15H19NO4S. The first kappa shape index (κ1) is 15.6. The van der Waals surface area contributed by atoms with Crippen molar-refractivity contribution in [1.82, 2.24) is 4.57 Å². The number of benzene rings is 1. The average Bonchev–Trinajstić information content (AvgIpc) is 2.74. The van der Waals surface area contributed by atoms with Gasteiger partial charge in [-0.1, -0.05) is 6.92 Å². The normalized spacial score (nSPS) is 12.2. The third-order valence-corrected chi connectivity index (χ3v) is 5.10. The Balaban J connectivity index is 2.64. The van der Waals surface area contributed by atoms with E-state index in [1.165, 1.54) is 0 Å². The highest BCUT2D eigenvalue weighted by molar-refractivity contribution is 7.90. The molecule has 0 aliphatic heterocycles. The molecule has 114 valence electrons. The lowest BCUT2D eigenvalue weighted by Gasteiger charge is -2.14. The van der Waals surface area contributed by atoms with Crippen LogP contribution < -0.4 is 0 Å². The van der Waals surface area contributed by atoms with E-state index in [-0.39, 0.29) is 23.1 Å². The summed E-state index contributed by atoms with van der Waals surface area (Å²) >= 11 is 0. The molecule has 0 atom stereocenters. The Hall–Kier alpha value is -1.82. The summed E-state index contributed by atoms with van der Waals surface area (Å²) in [7, 11) is -3.14. The number of carboxylic acid groups (broad SMARTS) is 1. The van der Waals surface area contributed by atoms with Crippen LogP contribution in [0.3, 0.4) is 0 Å². The first-order chi connectivity index (χ1) is 9.75. The summed E-state index contributed by atoms with van der Waals surface area (Å²) < 4.78 is 25.7. The monoisotopic (exact) mass is 309 g/mol. The summed E-state index contributed by atoms with van der Waals surface area (Å²) in [5.74, 6) is -0.928. The minimum Gasteiger partial charge on any atom is -0.478 e. The van der Waals surface area contributed by atoms with Gasteiger partial charge in [-0.15, -0.1) is 0 Å². The molecule has 0 aliphatic carbocycles. The zero-order valence-corrected chi connectivity index (χ0v) is 13.1. The van der Waals surface area contributed by atoms with Crippen molar-refractivity contribution >= 4 is 26.7 Å². The van der Waals surface area contributed by atoms with Crippen LogP contribution in [0.1, 0.15) is 42.9 Å². The van der Waals surface area contributed by atoms with Gasteiger partial charge < -0.3 is 9.67 Å². The fraction of sp³-hybridized carbons (Fsp3) is 0.400. The van der Waals surface area contributed by atoms with Gasteiger partial charge in [-0.2, -0.15) is 0 Å². The van der Waals surface area contributed by atoms with E-state index in [1.54, 1.807) is 31.2 Å². The molecule has 6 heteroatoms. The number of aromatic carboxylic acids is 1. The van der Waals surface area contributed by atoms with Crippen molar-refractivity contribution in [1.29, 1.82) is 0 Å². The molecule has 0 fully saturated rings. The molecule has 1 heterocycles. The predicted octanol–water partition coefficient (Wildman–Crippen LogP) is 2.86. The number of hydrogen-bond donors (Lipinski definition) is 1. The largest absolute Gasteiger partial charge is 0.478 e. The summed E-state index contributed by atoms with van der Waals surface area (Å²) in [6.45, 7) is 5.58. The van der Waals surface area contributed by atoms with E-state index in [9.17, 15) is 13.2 Å². The Morgan fingerprint density at radius 3 is 2.48 bits per heavy atom. The van der Waals surface area contributed by atoms with Gasteiger partial charge in [-0.3, -0.25) is 0 Å². The summed E-state index contributed by atoms with van der Waals surface area (Å²) in [5, 5.41) is 9.81.